The maximum Gasteiger partial charge on any atom is 0.356 e. The summed E-state index contributed by atoms with van der Waals surface area (Å²) in [5.41, 5.74) is 4.88. The predicted molar refractivity (Wildman–Crippen MR) is 107 cm³/mol. The van der Waals surface area contributed by atoms with Gasteiger partial charge in [-0.25, -0.2) is 4.79 Å². The molecule has 0 fully saturated rings. The number of H-pyrrole nitrogens is 1. The number of hydrogen-bond donors (Lipinski definition) is 2. The lowest BCUT2D eigenvalue weighted by Gasteiger charge is -2.17. The lowest BCUT2D eigenvalue weighted by Crippen LogP contribution is -2.20. The first-order valence-corrected chi connectivity index (χ1v) is 9.25. The quantitative estimate of drug-likeness (QED) is 0.515. The number of ketones is 1. The Balaban J connectivity index is 1.39. The van der Waals surface area contributed by atoms with Crippen LogP contribution in [0, 0.1) is 6.92 Å². The molecular weight excluding hydrogens is 370 g/mol. The van der Waals surface area contributed by atoms with Crippen LogP contribution in [0.25, 0.3) is 11.3 Å². The molecule has 0 spiro atoms. The van der Waals surface area contributed by atoms with Gasteiger partial charge in [0.2, 0.25) is 5.91 Å². The second-order valence-corrected chi connectivity index (χ2v) is 6.95. The van der Waals surface area contributed by atoms with E-state index in [1.807, 2.05) is 31.2 Å². The Morgan fingerprint density at radius 3 is 2.66 bits per heavy atom. The maximum absolute atomic E-state index is 12.4. The SMILES string of the molecule is Cc1ccc(-c2cc(C(=O)OCC(=O)c3ccc4c(c3)CCC(=O)N4)[nH]n2)cc1. The van der Waals surface area contributed by atoms with Crippen molar-refractivity contribution in [3.8, 4) is 11.3 Å². The summed E-state index contributed by atoms with van der Waals surface area (Å²) in [6.07, 6.45) is 0.973. The zero-order valence-electron chi connectivity index (χ0n) is 15.8. The number of anilines is 1. The third-order valence-corrected chi connectivity index (χ3v) is 4.80. The number of carbonyl (C=O) groups excluding carboxylic acids is 3. The molecule has 2 heterocycles. The first kappa shape index (κ1) is 18.6. The van der Waals surface area contributed by atoms with Crippen LogP contribution in [0.1, 0.15) is 38.4 Å². The van der Waals surface area contributed by atoms with Gasteiger partial charge in [0, 0.05) is 23.2 Å². The van der Waals surface area contributed by atoms with Gasteiger partial charge in [-0.15, -0.1) is 0 Å². The second-order valence-electron chi connectivity index (χ2n) is 6.95. The Morgan fingerprint density at radius 1 is 1.07 bits per heavy atom. The van der Waals surface area contributed by atoms with Crippen LogP contribution in [-0.2, 0) is 16.0 Å². The summed E-state index contributed by atoms with van der Waals surface area (Å²) >= 11 is 0. The van der Waals surface area contributed by atoms with Crippen LogP contribution in [0.15, 0.2) is 48.5 Å². The number of rotatable bonds is 5. The fraction of sp³-hybridized carbons (Fsp3) is 0.182. The van der Waals surface area contributed by atoms with E-state index in [4.69, 9.17) is 4.74 Å². The minimum Gasteiger partial charge on any atom is -0.453 e. The van der Waals surface area contributed by atoms with Crippen LogP contribution in [-0.4, -0.2) is 34.5 Å². The van der Waals surface area contributed by atoms with Gasteiger partial charge in [-0.2, -0.15) is 5.10 Å². The fourth-order valence-corrected chi connectivity index (χ4v) is 3.15. The maximum atomic E-state index is 12.4. The molecular formula is C22H19N3O4. The number of aromatic nitrogens is 2. The molecule has 0 saturated carbocycles. The summed E-state index contributed by atoms with van der Waals surface area (Å²) in [5, 5.41) is 9.55. The van der Waals surface area contributed by atoms with Crippen molar-refractivity contribution in [2.24, 2.45) is 0 Å². The molecule has 0 saturated heterocycles. The molecule has 29 heavy (non-hydrogen) atoms. The van der Waals surface area contributed by atoms with E-state index in [0.29, 0.717) is 24.1 Å². The van der Waals surface area contributed by atoms with Crippen molar-refractivity contribution in [2.75, 3.05) is 11.9 Å². The molecule has 3 aromatic rings. The average molecular weight is 389 g/mol. The number of aryl methyl sites for hydroxylation is 2. The molecule has 1 aliphatic rings. The Labute approximate surface area is 167 Å². The van der Waals surface area contributed by atoms with Gasteiger partial charge in [-0.05, 0) is 43.2 Å². The highest BCUT2D eigenvalue weighted by molar-refractivity contribution is 6.01. The van der Waals surface area contributed by atoms with Crippen LogP contribution >= 0.6 is 0 Å². The van der Waals surface area contributed by atoms with Gasteiger partial charge in [0.05, 0.1) is 5.69 Å². The number of carbonyl (C=O) groups is 3. The topological polar surface area (TPSA) is 101 Å². The highest BCUT2D eigenvalue weighted by atomic mass is 16.5. The lowest BCUT2D eigenvalue weighted by molar-refractivity contribution is -0.116. The molecule has 7 heteroatoms. The van der Waals surface area contributed by atoms with E-state index in [1.54, 1.807) is 24.3 Å². The Bertz CT molecular complexity index is 1100. The number of amides is 1. The summed E-state index contributed by atoms with van der Waals surface area (Å²) < 4.78 is 5.14. The van der Waals surface area contributed by atoms with E-state index in [2.05, 4.69) is 15.5 Å². The first-order chi connectivity index (χ1) is 14.0. The number of fused-ring (bicyclic) bond motifs is 1. The summed E-state index contributed by atoms with van der Waals surface area (Å²) in [5.74, 6) is -0.985. The van der Waals surface area contributed by atoms with Crippen LogP contribution in [0.3, 0.4) is 0 Å². The van der Waals surface area contributed by atoms with Crippen LogP contribution < -0.4 is 5.32 Å². The van der Waals surface area contributed by atoms with Gasteiger partial charge in [0.1, 0.15) is 5.69 Å². The van der Waals surface area contributed by atoms with E-state index >= 15 is 0 Å². The monoisotopic (exact) mass is 389 g/mol. The smallest absolute Gasteiger partial charge is 0.356 e. The van der Waals surface area contributed by atoms with Gasteiger partial charge < -0.3 is 10.1 Å². The molecule has 0 aliphatic carbocycles. The Morgan fingerprint density at radius 2 is 1.86 bits per heavy atom. The van der Waals surface area contributed by atoms with Gasteiger partial charge in [0.25, 0.3) is 0 Å². The Hall–Kier alpha value is -3.74. The lowest BCUT2D eigenvalue weighted by atomic mass is 9.99. The minimum absolute atomic E-state index is 0.0323. The first-order valence-electron chi connectivity index (χ1n) is 9.25. The van der Waals surface area contributed by atoms with Crippen LogP contribution in [0.2, 0.25) is 0 Å². The fourth-order valence-electron chi connectivity index (χ4n) is 3.15. The zero-order chi connectivity index (χ0) is 20.4. The van der Waals surface area contributed by atoms with Crippen molar-refractivity contribution in [3.63, 3.8) is 0 Å². The number of Topliss-reactive ketones (excluding diaryl/α,β-unsaturated/α-hetero) is 1. The normalized spacial score (nSPS) is 12.8. The van der Waals surface area contributed by atoms with Crippen LogP contribution in [0.4, 0.5) is 5.69 Å². The van der Waals surface area contributed by atoms with Crippen molar-refractivity contribution >= 4 is 23.3 Å². The number of ether oxygens (including phenoxy) is 1. The average Bonchev–Trinajstić information content (AvgIpc) is 3.22. The number of esters is 1. The molecule has 146 valence electrons. The molecule has 7 nitrogen and oxygen atoms in total. The van der Waals surface area contributed by atoms with Crippen molar-refractivity contribution in [2.45, 2.75) is 19.8 Å². The third kappa shape index (κ3) is 4.08. The molecule has 0 bridgehead atoms. The number of aromatic amines is 1. The number of benzene rings is 2. The van der Waals surface area contributed by atoms with Gasteiger partial charge in [-0.3, -0.25) is 14.7 Å². The van der Waals surface area contributed by atoms with Gasteiger partial charge in [0.15, 0.2) is 12.4 Å². The summed E-state index contributed by atoms with van der Waals surface area (Å²) in [6, 6.07) is 14.4. The molecule has 1 aliphatic heterocycles. The van der Waals surface area contributed by atoms with Crippen molar-refractivity contribution in [1.29, 1.82) is 0 Å². The minimum atomic E-state index is -0.644. The number of hydrogen-bond acceptors (Lipinski definition) is 5. The standard InChI is InChI=1S/C22H19N3O4/c1-13-2-4-14(5-3-13)18-11-19(25-24-18)22(28)29-12-20(26)16-6-8-17-15(10-16)7-9-21(27)23-17/h2-6,8,10-11H,7,9,12H2,1H3,(H,23,27)(H,24,25). The largest absolute Gasteiger partial charge is 0.453 e. The van der Waals surface area contributed by atoms with Crippen LogP contribution in [0.5, 0.6) is 0 Å². The van der Waals surface area contributed by atoms with Crippen molar-refractivity contribution in [1.82, 2.24) is 10.2 Å². The molecule has 1 aromatic heterocycles. The van der Waals surface area contributed by atoms with E-state index < -0.39 is 5.97 Å². The van der Waals surface area contributed by atoms with E-state index in [1.165, 1.54) is 0 Å². The Kier molecular flexibility index (Phi) is 4.95. The highest BCUT2D eigenvalue weighted by Crippen LogP contribution is 2.24. The van der Waals surface area contributed by atoms with E-state index in [9.17, 15) is 14.4 Å². The van der Waals surface area contributed by atoms with Crippen molar-refractivity contribution in [3.05, 3.63) is 70.9 Å². The highest BCUT2D eigenvalue weighted by Gasteiger charge is 2.18. The third-order valence-electron chi connectivity index (χ3n) is 4.80. The number of nitrogens with one attached hydrogen (secondary N) is 2. The molecule has 0 radical (unpaired) electrons. The molecule has 0 atom stereocenters. The van der Waals surface area contributed by atoms with E-state index in [-0.39, 0.29) is 24.0 Å². The summed E-state index contributed by atoms with van der Waals surface area (Å²) in [7, 11) is 0. The molecule has 1 amide bonds. The summed E-state index contributed by atoms with van der Waals surface area (Å²) in [6.45, 7) is 1.62. The second kappa shape index (κ2) is 7.71. The van der Waals surface area contributed by atoms with Gasteiger partial charge in [-0.1, -0.05) is 29.8 Å². The molecule has 2 N–H and O–H groups in total. The summed E-state index contributed by atoms with van der Waals surface area (Å²) in [4.78, 5) is 36.1. The van der Waals surface area contributed by atoms with Gasteiger partial charge >= 0.3 is 5.97 Å². The van der Waals surface area contributed by atoms with E-state index in [0.717, 1.165) is 22.4 Å². The number of nitrogens with zero attached hydrogens (tertiary/aromatic N) is 1. The van der Waals surface area contributed by atoms with Crippen molar-refractivity contribution < 1.29 is 19.1 Å². The predicted octanol–water partition coefficient (Wildman–Crippen LogP) is 3.31. The zero-order valence-corrected chi connectivity index (χ0v) is 15.8. The molecule has 0 unspecified atom stereocenters. The molecule has 2 aromatic carbocycles. The molecule has 4 rings (SSSR count).